The molecule has 0 unspecified atom stereocenters. The first-order valence-corrected chi connectivity index (χ1v) is 5.82. The molecule has 0 radical (unpaired) electrons. The molecule has 88 valence electrons. The van der Waals surface area contributed by atoms with Crippen LogP contribution in [0.1, 0.15) is 18.1 Å². The maximum atomic E-state index is 5.74. The molecule has 1 rings (SSSR count). The molecule has 1 N–H and O–H groups in total. The zero-order valence-electron chi connectivity index (χ0n) is 10.3. The van der Waals surface area contributed by atoms with Crippen molar-refractivity contribution in [3.63, 3.8) is 0 Å². The maximum Gasteiger partial charge on any atom is 0.122 e. The number of likely N-dealkylation sites (N-methyl/N-ethyl adjacent to an activating group) is 1. The van der Waals surface area contributed by atoms with Crippen molar-refractivity contribution in [2.24, 2.45) is 0 Å². The average molecular weight is 219 g/mol. The molecule has 0 aromatic heterocycles. The van der Waals surface area contributed by atoms with Gasteiger partial charge in [0, 0.05) is 6.54 Å². The van der Waals surface area contributed by atoms with Gasteiger partial charge in [-0.1, -0.05) is 30.7 Å². The highest BCUT2D eigenvalue weighted by Crippen LogP contribution is 2.20. The molecule has 0 aliphatic rings. The molecule has 0 fully saturated rings. The van der Waals surface area contributed by atoms with E-state index in [1.54, 1.807) is 0 Å². The summed E-state index contributed by atoms with van der Waals surface area (Å²) in [6, 6.07) is 6.28. The van der Waals surface area contributed by atoms with Crippen LogP contribution in [0.3, 0.4) is 0 Å². The van der Waals surface area contributed by atoms with E-state index in [2.05, 4.69) is 37.9 Å². The minimum atomic E-state index is 0.709. The summed E-state index contributed by atoms with van der Waals surface area (Å²) in [5.74, 6) is 0.975. The van der Waals surface area contributed by atoms with Crippen LogP contribution in [-0.4, -0.2) is 19.7 Å². The van der Waals surface area contributed by atoms with Gasteiger partial charge >= 0.3 is 0 Å². The van der Waals surface area contributed by atoms with Crippen molar-refractivity contribution >= 4 is 0 Å². The lowest BCUT2D eigenvalue weighted by Crippen LogP contribution is -2.20. The van der Waals surface area contributed by atoms with Crippen LogP contribution in [0.4, 0.5) is 0 Å². The van der Waals surface area contributed by atoms with Gasteiger partial charge in [0.1, 0.15) is 12.4 Å². The van der Waals surface area contributed by atoms with Crippen LogP contribution in [-0.2, 0) is 6.42 Å². The van der Waals surface area contributed by atoms with Gasteiger partial charge in [-0.25, -0.2) is 0 Å². The first kappa shape index (κ1) is 12.8. The number of ether oxygens (including phenoxy) is 1. The van der Waals surface area contributed by atoms with Crippen LogP contribution in [0, 0.1) is 6.92 Å². The summed E-state index contributed by atoms with van der Waals surface area (Å²) in [7, 11) is 0. The lowest BCUT2D eigenvalue weighted by Gasteiger charge is -2.11. The second kappa shape index (κ2) is 7.07. The van der Waals surface area contributed by atoms with E-state index in [-0.39, 0.29) is 0 Å². The Morgan fingerprint density at radius 2 is 2.25 bits per heavy atom. The molecule has 0 bridgehead atoms. The Kier molecular flexibility index (Phi) is 5.65. The molecule has 0 spiro atoms. The Balaban J connectivity index is 2.59. The molecule has 16 heavy (non-hydrogen) atoms. The monoisotopic (exact) mass is 219 g/mol. The molecule has 1 aromatic carbocycles. The molecule has 0 saturated carbocycles. The van der Waals surface area contributed by atoms with Crippen LogP contribution in [0.15, 0.2) is 30.9 Å². The molecule has 0 saturated heterocycles. The second-order valence-corrected chi connectivity index (χ2v) is 3.81. The number of allylic oxidation sites excluding steroid dienone is 1. The summed E-state index contributed by atoms with van der Waals surface area (Å²) in [6.07, 6.45) is 2.77. The van der Waals surface area contributed by atoms with Gasteiger partial charge in [-0.2, -0.15) is 0 Å². The quantitative estimate of drug-likeness (QED) is 0.562. The highest BCUT2D eigenvalue weighted by molar-refractivity contribution is 5.38. The molecule has 0 aliphatic carbocycles. The third-order valence-corrected chi connectivity index (χ3v) is 2.37. The average Bonchev–Trinajstić information content (AvgIpc) is 2.27. The van der Waals surface area contributed by atoms with Gasteiger partial charge < -0.3 is 10.1 Å². The van der Waals surface area contributed by atoms with E-state index in [0.29, 0.717) is 6.61 Å². The van der Waals surface area contributed by atoms with Crippen LogP contribution >= 0.6 is 0 Å². The Morgan fingerprint density at radius 3 is 2.94 bits per heavy atom. The number of benzene rings is 1. The highest BCUT2D eigenvalue weighted by Gasteiger charge is 2.02. The molecule has 1 aromatic rings. The summed E-state index contributed by atoms with van der Waals surface area (Å²) in [4.78, 5) is 0. The second-order valence-electron chi connectivity index (χ2n) is 3.81. The maximum absolute atomic E-state index is 5.74. The summed E-state index contributed by atoms with van der Waals surface area (Å²) >= 11 is 0. The van der Waals surface area contributed by atoms with Crippen molar-refractivity contribution in [1.29, 1.82) is 0 Å². The Labute approximate surface area is 98.3 Å². The number of aryl methyl sites for hydroxylation is 1. The van der Waals surface area contributed by atoms with Crippen LogP contribution in [0.2, 0.25) is 0 Å². The van der Waals surface area contributed by atoms with Crippen molar-refractivity contribution in [2.75, 3.05) is 19.7 Å². The van der Waals surface area contributed by atoms with Crippen molar-refractivity contribution in [2.45, 2.75) is 20.3 Å². The van der Waals surface area contributed by atoms with E-state index in [1.807, 2.05) is 12.1 Å². The van der Waals surface area contributed by atoms with Crippen LogP contribution < -0.4 is 10.1 Å². The van der Waals surface area contributed by atoms with E-state index in [0.717, 1.165) is 25.3 Å². The minimum Gasteiger partial charge on any atom is -0.492 e. The van der Waals surface area contributed by atoms with Crippen molar-refractivity contribution in [1.82, 2.24) is 5.32 Å². The fourth-order valence-corrected chi connectivity index (χ4v) is 1.57. The molecule has 0 amide bonds. The van der Waals surface area contributed by atoms with Crippen molar-refractivity contribution in [3.05, 3.63) is 42.0 Å². The minimum absolute atomic E-state index is 0.709. The Morgan fingerprint density at radius 1 is 1.44 bits per heavy atom. The summed E-state index contributed by atoms with van der Waals surface area (Å²) in [6.45, 7) is 10.5. The topological polar surface area (TPSA) is 21.3 Å². The number of hydrogen-bond donors (Lipinski definition) is 1. The predicted molar refractivity (Wildman–Crippen MR) is 69.1 cm³/mol. The molecule has 0 heterocycles. The van der Waals surface area contributed by atoms with Gasteiger partial charge in [0.15, 0.2) is 0 Å². The third-order valence-electron chi connectivity index (χ3n) is 2.37. The van der Waals surface area contributed by atoms with E-state index in [4.69, 9.17) is 4.74 Å². The predicted octanol–water partition coefficient (Wildman–Crippen LogP) is 2.71. The lowest BCUT2D eigenvalue weighted by molar-refractivity contribution is 0.313. The van der Waals surface area contributed by atoms with Gasteiger partial charge in [0.25, 0.3) is 0 Å². The number of rotatable bonds is 7. The Bertz CT molecular complexity index is 334. The van der Waals surface area contributed by atoms with Gasteiger partial charge in [-0.05, 0) is 31.5 Å². The number of nitrogens with one attached hydrogen (secondary N) is 1. The van der Waals surface area contributed by atoms with Gasteiger partial charge in [-0.3, -0.25) is 0 Å². The molecular formula is C14H21NO. The zero-order valence-corrected chi connectivity index (χ0v) is 10.3. The third kappa shape index (κ3) is 4.07. The first-order chi connectivity index (χ1) is 7.77. The molecule has 2 heteroatoms. The van der Waals surface area contributed by atoms with E-state index >= 15 is 0 Å². The molecule has 2 nitrogen and oxygen atoms in total. The van der Waals surface area contributed by atoms with Gasteiger partial charge in [0.05, 0.1) is 0 Å². The SMILES string of the molecule is C=CCc1cc(C)ccc1OCCNCC. The summed E-state index contributed by atoms with van der Waals surface area (Å²) < 4.78 is 5.74. The fourth-order valence-electron chi connectivity index (χ4n) is 1.57. The van der Waals surface area contributed by atoms with Gasteiger partial charge in [0.2, 0.25) is 0 Å². The summed E-state index contributed by atoms with van der Waals surface area (Å²) in [5.41, 5.74) is 2.47. The van der Waals surface area contributed by atoms with E-state index in [9.17, 15) is 0 Å². The molecule has 0 atom stereocenters. The smallest absolute Gasteiger partial charge is 0.122 e. The van der Waals surface area contributed by atoms with Crippen LogP contribution in [0.25, 0.3) is 0 Å². The van der Waals surface area contributed by atoms with Crippen LogP contribution in [0.5, 0.6) is 5.75 Å². The first-order valence-electron chi connectivity index (χ1n) is 5.82. The van der Waals surface area contributed by atoms with Gasteiger partial charge in [-0.15, -0.1) is 6.58 Å². The number of hydrogen-bond acceptors (Lipinski definition) is 2. The van der Waals surface area contributed by atoms with E-state index < -0.39 is 0 Å². The molecule has 0 aliphatic heterocycles. The summed E-state index contributed by atoms with van der Waals surface area (Å²) in [5, 5.41) is 3.24. The molecular weight excluding hydrogens is 198 g/mol. The lowest BCUT2D eigenvalue weighted by atomic mass is 10.1. The normalized spacial score (nSPS) is 10.1. The van der Waals surface area contributed by atoms with E-state index in [1.165, 1.54) is 11.1 Å². The zero-order chi connectivity index (χ0) is 11.8. The van der Waals surface area contributed by atoms with Crippen molar-refractivity contribution < 1.29 is 4.74 Å². The standard InChI is InChI=1S/C14H21NO/c1-4-6-13-11-12(3)7-8-14(13)16-10-9-15-5-2/h4,7-8,11,15H,1,5-6,9-10H2,2-3H3. The van der Waals surface area contributed by atoms with Crippen molar-refractivity contribution in [3.8, 4) is 5.75 Å². The highest BCUT2D eigenvalue weighted by atomic mass is 16.5. The Hall–Kier alpha value is -1.28. The fraction of sp³-hybridized carbons (Fsp3) is 0.429. The largest absolute Gasteiger partial charge is 0.492 e.